The van der Waals surface area contributed by atoms with Gasteiger partial charge in [0.2, 0.25) is 0 Å². The highest BCUT2D eigenvalue weighted by Gasteiger charge is 2.45. The van der Waals surface area contributed by atoms with Crippen LogP contribution >= 0.6 is 0 Å². The molecule has 0 N–H and O–H groups in total. The van der Waals surface area contributed by atoms with Gasteiger partial charge in [0.05, 0.1) is 24.4 Å². The smallest absolute Gasteiger partial charge is 0.272 e. The molecule has 24 heavy (non-hydrogen) atoms. The van der Waals surface area contributed by atoms with Crippen molar-refractivity contribution in [2.24, 2.45) is 5.92 Å². The average molecular weight is 333 g/mol. The van der Waals surface area contributed by atoms with Crippen molar-refractivity contribution in [3.63, 3.8) is 0 Å². The zero-order valence-electron chi connectivity index (χ0n) is 14.6. The van der Waals surface area contributed by atoms with Gasteiger partial charge in [0.25, 0.3) is 5.91 Å². The molecule has 0 unspecified atom stereocenters. The predicted molar refractivity (Wildman–Crippen MR) is 88.9 cm³/mol. The molecular weight excluding hydrogens is 306 g/mol. The molecule has 1 amide bonds. The van der Waals surface area contributed by atoms with Gasteiger partial charge in [-0.25, -0.2) is 0 Å². The molecule has 2 saturated carbocycles. The monoisotopic (exact) mass is 333 g/mol. The highest BCUT2D eigenvalue weighted by molar-refractivity contribution is 5.93. The van der Waals surface area contributed by atoms with Crippen molar-refractivity contribution in [3.05, 3.63) is 17.5 Å². The van der Waals surface area contributed by atoms with E-state index in [0.29, 0.717) is 25.4 Å². The highest BCUT2D eigenvalue weighted by atomic mass is 16.5. The first-order valence-electron chi connectivity index (χ1n) is 9.26. The topological polar surface area (TPSA) is 56.6 Å². The van der Waals surface area contributed by atoms with Gasteiger partial charge in [-0.15, -0.1) is 0 Å². The summed E-state index contributed by atoms with van der Waals surface area (Å²) < 4.78 is 14.0. The fraction of sp³-hybridized carbons (Fsp3) is 0.778. The minimum absolute atomic E-state index is 0.0242. The van der Waals surface area contributed by atoms with Crippen molar-refractivity contribution in [1.29, 1.82) is 0 Å². The van der Waals surface area contributed by atoms with Crippen LogP contribution in [0.3, 0.4) is 0 Å². The van der Waals surface area contributed by atoms with E-state index in [1.165, 1.54) is 12.8 Å². The number of aromatic nitrogens is 2. The van der Waals surface area contributed by atoms with E-state index in [2.05, 4.69) is 5.10 Å². The molecule has 0 aromatic carbocycles. The number of nitrogens with zero attached hydrogens (tertiary/aromatic N) is 3. The molecular formula is C18H27N3O3. The van der Waals surface area contributed by atoms with Gasteiger partial charge in [-0.2, -0.15) is 5.10 Å². The van der Waals surface area contributed by atoms with E-state index in [-0.39, 0.29) is 24.2 Å². The number of hydrogen-bond acceptors (Lipinski definition) is 4. The van der Waals surface area contributed by atoms with Crippen LogP contribution in [0.5, 0.6) is 0 Å². The molecule has 3 aliphatic rings. The maximum absolute atomic E-state index is 13.2. The summed E-state index contributed by atoms with van der Waals surface area (Å²) in [4.78, 5) is 15.2. The number of ether oxygens (including phenoxy) is 2. The Morgan fingerprint density at radius 3 is 2.96 bits per heavy atom. The SMILES string of the molecule is CCn1nc(C)cc1C(=O)N1CCO[C@H]2CC[C@H]1[C@@H]2OCC1CC1. The van der Waals surface area contributed by atoms with Gasteiger partial charge in [0, 0.05) is 19.7 Å². The number of rotatable bonds is 5. The third-order valence-electron chi connectivity index (χ3n) is 5.46. The molecule has 132 valence electrons. The van der Waals surface area contributed by atoms with Crippen molar-refractivity contribution in [1.82, 2.24) is 14.7 Å². The maximum atomic E-state index is 13.2. The Morgan fingerprint density at radius 1 is 1.38 bits per heavy atom. The Morgan fingerprint density at radius 2 is 2.21 bits per heavy atom. The van der Waals surface area contributed by atoms with Gasteiger partial charge in [-0.1, -0.05) is 0 Å². The van der Waals surface area contributed by atoms with Crippen LogP contribution in [0.15, 0.2) is 6.07 Å². The molecule has 2 bridgehead atoms. The van der Waals surface area contributed by atoms with Gasteiger partial charge in [-0.3, -0.25) is 9.48 Å². The summed E-state index contributed by atoms with van der Waals surface area (Å²) in [6, 6.07) is 2.02. The summed E-state index contributed by atoms with van der Waals surface area (Å²) in [5.74, 6) is 0.787. The van der Waals surface area contributed by atoms with Crippen LogP contribution in [0.4, 0.5) is 0 Å². The van der Waals surface area contributed by atoms with Crippen molar-refractivity contribution in [2.45, 2.75) is 64.3 Å². The zero-order chi connectivity index (χ0) is 16.7. The van der Waals surface area contributed by atoms with Crippen molar-refractivity contribution < 1.29 is 14.3 Å². The van der Waals surface area contributed by atoms with Crippen molar-refractivity contribution in [3.8, 4) is 0 Å². The van der Waals surface area contributed by atoms with E-state index in [1.807, 2.05) is 24.8 Å². The maximum Gasteiger partial charge on any atom is 0.272 e. The van der Waals surface area contributed by atoms with Crippen LogP contribution in [0.1, 0.15) is 48.8 Å². The molecule has 6 heteroatoms. The molecule has 3 atom stereocenters. The fourth-order valence-corrected chi connectivity index (χ4v) is 4.00. The fourth-order valence-electron chi connectivity index (χ4n) is 4.00. The normalized spacial score (nSPS) is 29.8. The largest absolute Gasteiger partial charge is 0.374 e. The van der Waals surface area contributed by atoms with Crippen LogP contribution in [-0.2, 0) is 16.0 Å². The molecule has 0 spiro atoms. The summed E-state index contributed by atoms with van der Waals surface area (Å²) in [5, 5.41) is 4.42. The Labute approximate surface area is 143 Å². The van der Waals surface area contributed by atoms with Crippen LogP contribution in [0, 0.1) is 12.8 Å². The number of amides is 1. The van der Waals surface area contributed by atoms with Crippen molar-refractivity contribution >= 4 is 5.91 Å². The molecule has 1 saturated heterocycles. The number of carbonyl (C=O) groups excluding carboxylic acids is 1. The molecule has 1 aliphatic heterocycles. The summed E-state index contributed by atoms with van der Waals surface area (Å²) in [6.45, 7) is 6.69. The average Bonchev–Trinajstić information content (AvgIpc) is 3.22. The standard InChI is InChI=1S/C18H27N3O3/c1-3-21-15(10-12(2)19-21)18(22)20-8-9-23-16-7-6-14(20)17(16)24-11-13-4-5-13/h10,13-14,16-17H,3-9,11H2,1-2H3/t14-,16-,17-/m0/s1. The van der Waals surface area contributed by atoms with Gasteiger partial charge < -0.3 is 14.4 Å². The van der Waals surface area contributed by atoms with E-state index < -0.39 is 0 Å². The van der Waals surface area contributed by atoms with Gasteiger partial charge in [0.15, 0.2) is 0 Å². The second-order valence-electron chi connectivity index (χ2n) is 7.28. The van der Waals surface area contributed by atoms with E-state index in [4.69, 9.17) is 9.47 Å². The van der Waals surface area contributed by atoms with Gasteiger partial charge in [0.1, 0.15) is 11.8 Å². The van der Waals surface area contributed by atoms with E-state index in [9.17, 15) is 4.79 Å². The first-order chi connectivity index (χ1) is 11.7. The van der Waals surface area contributed by atoms with Gasteiger partial charge in [-0.05, 0) is 51.5 Å². The third kappa shape index (κ3) is 2.97. The Kier molecular flexibility index (Phi) is 4.35. The van der Waals surface area contributed by atoms with Crippen LogP contribution in [0.25, 0.3) is 0 Å². The quantitative estimate of drug-likeness (QED) is 0.827. The molecule has 0 radical (unpaired) electrons. The van der Waals surface area contributed by atoms with E-state index in [1.54, 1.807) is 4.68 Å². The molecule has 6 nitrogen and oxygen atoms in total. The van der Waals surface area contributed by atoms with Crippen LogP contribution in [-0.4, -0.2) is 58.6 Å². The van der Waals surface area contributed by atoms with E-state index >= 15 is 0 Å². The van der Waals surface area contributed by atoms with Gasteiger partial charge >= 0.3 is 0 Å². The number of carbonyl (C=O) groups is 1. The van der Waals surface area contributed by atoms with Crippen LogP contribution in [0.2, 0.25) is 0 Å². The lowest BCUT2D eigenvalue weighted by Gasteiger charge is -2.31. The summed E-state index contributed by atoms with van der Waals surface area (Å²) in [7, 11) is 0. The molecule has 2 heterocycles. The second kappa shape index (κ2) is 6.48. The first kappa shape index (κ1) is 16.1. The second-order valence-corrected chi connectivity index (χ2v) is 7.28. The predicted octanol–water partition coefficient (Wildman–Crippen LogP) is 2.01. The number of hydrogen-bond donors (Lipinski definition) is 0. The van der Waals surface area contributed by atoms with Crippen molar-refractivity contribution in [2.75, 3.05) is 19.8 Å². The molecule has 2 aliphatic carbocycles. The number of fused-ring (bicyclic) bond motifs is 2. The Hall–Kier alpha value is -1.40. The third-order valence-corrected chi connectivity index (χ3v) is 5.46. The first-order valence-corrected chi connectivity index (χ1v) is 9.26. The van der Waals surface area contributed by atoms with E-state index in [0.717, 1.165) is 31.1 Å². The highest BCUT2D eigenvalue weighted by Crippen LogP contribution is 2.35. The molecule has 3 fully saturated rings. The summed E-state index contributed by atoms with van der Waals surface area (Å²) in [6.07, 6.45) is 4.67. The Balaban J connectivity index is 1.55. The van der Waals surface area contributed by atoms with Crippen LogP contribution < -0.4 is 0 Å². The lowest BCUT2D eigenvalue weighted by molar-refractivity contribution is -0.0557. The summed E-state index contributed by atoms with van der Waals surface area (Å²) >= 11 is 0. The summed E-state index contributed by atoms with van der Waals surface area (Å²) in [5.41, 5.74) is 1.57. The Bertz CT molecular complexity index is 611. The zero-order valence-corrected chi connectivity index (χ0v) is 14.6. The molecule has 1 aromatic rings. The molecule has 4 rings (SSSR count). The minimum atomic E-state index is 0.0242. The minimum Gasteiger partial charge on any atom is -0.374 e. The lowest BCUT2D eigenvalue weighted by Crippen LogP contribution is -2.47. The number of aryl methyl sites for hydroxylation is 2. The molecule has 1 aromatic heterocycles. The lowest BCUT2D eigenvalue weighted by atomic mass is 10.1.